The highest BCUT2D eigenvalue weighted by Gasteiger charge is 2.29. The fraction of sp³-hybridized carbons (Fsp3) is 0.583. The van der Waals surface area contributed by atoms with Gasteiger partial charge in [0.05, 0.1) is 0 Å². The third-order valence-corrected chi connectivity index (χ3v) is 5.44. The van der Waals surface area contributed by atoms with Gasteiger partial charge < -0.3 is 10.1 Å². The Morgan fingerprint density at radius 2 is 1.86 bits per heavy atom. The normalized spacial score (nSPS) is 20.5. The van der Waals surface area contributed by atoms with Gasteiger partial charge >= 0.3 is 6.09 Å². The number of fused-ring (bicyclic) bond motifs is 1. The van der Waals surface area contributed by atoms with E-state index in [9.17, 15) is 9.59 Å². The Morgan fingerprint density at radius 3 is 2.52 bits per heavy atom. The van der Waals surface area contributed by atoms with Crippen LogP contribution in [0.4, 0.5) is 10.5 Å². The van der Waals surface area contributed by atoms with Crippen LogP contribution in [0.2, 0.25) is 0 Å². The second-order valence-electron chi connectivity index (χ2n) is 9.98. The molecule has 0 aromatic heterocycles. The molecule has 5 heteroatoms. The molecule has 1 amide bonds. The average molecular weight is 399 g/mol. The first kappa shape index (κ1) is 21.4. The van der Waals surface area contributed by atoms with Gasteiger partial charge in [-0.25, -0.2) is 4.79 Å². The minimum Gasteiger partial charge on any atom is -0.444 e. The smallest absolute Gasteiger partial charge is 0.412 e. The maximum absolute atomic E-state index is 12.8. The van der Waals surface area contributed by atoms with E-state index in [2.05, 4.69) is 24.5 Å². The fourth-order valence-corrected chi connectivity index (χ4v) is 4.22. The van der Waals surface area contributed by atoms with Crippen molar-refractivity contribution in [2.45, 2.75) is 84.3 Å². The summed E-state index contributed by atoms with van der Waals surface area (Å²) in [6.45, 7) is 9.78. The molecule has 0 radical (unpaired) electrons. The van der Waals surface area contributed by atoms with Gasteiger partial charge in [0.15, 0.2) is 5.78 Å². The fourth-order valence-electron chi connectivity index (χ4n) is 4.22. The Labute approximate surface area is 174 Å². The largest absolute Gasteiger partial charge is 0.444 e. The van der Waals surface area contributed by atoms with Crippen molar-refractivity contribution in [3.05, 3.63) is 35.4 Å². The van der Waals surface area contributed by atoms with Crippen molar-refractivity contribution in [2.75, 3.05) is 5.32 Å². The Morgan fingerprint density at radius 1 is 1.17 bits per heavy atom. The Hall–Kier alpha value is -2.30. The predicted octanol–water partition coefficient (Wildman–Crippen LogP) is 5.45. The summed E-state index contributed by atoms with van der Waals surface area (Å²) in [5.41, 5.74) is 3.02. The lowest BCUT2D eigenvalue weighted by atomic mass is 9.83. The predicted molar refractivity (Wildman–Crippen MR) is 117 cm³/mol. The summed E-state index contributed by atoms with van der Waals surface area (Å²) in [7, 11) is 0. The van der Waals surface area contributed by atoms with E-state index >= 15 is 0 Å². The van der Waals surface area contributed by atoms with Crippen LogP contribution in [-0.2, 0) is 16.0 Å². The van der Waals surface area contributed by atoms with Crippen molar-refractivity contribution in [2.24, 2.45) is 5.92 Å². The standard InChI is InChI=1S/C24H34N2O3/c1-23(2,3)29-22(28)25-18-11-12-19-17(13-18)15-24(4,5)26-20(19)14-21(27)16-9-7-6-8-10-16/h11-14,16,26H,6-10,15H2,1-5H3,(H,25,28). The molecular weight excluding hydrogens is 364 g/mol. The molecule has 0 saturated heterocycles. The molecule has 0 spiro atoms. The molecule has 1 aliphatic carbocycles. The molecule has 3 rings (SSSR count). The number of anilines is 1. The van der Waals surface area contributed by atoms with Crippen LogP contribution in [0, 0.1) is 5.92 Å². The van der Waals surface area contributed by atoms with Gasteiger partial charge in [-0.3, -0.25) is 10.1 Å². The molecule has 2 aliphatic rings. The lowest BCUT2D eigenvalue weighted by Gasteiger charge is -2.36. The Bertz CT molecular complexity index is 812. The molecule has 1 aliphatic heterocycles. The van der Waals surface area contributed by atoms with Gasteiger partial charge in [-0.15, -0.1) is 0 Å². The molecule has 0 unspecified atom stereocenters. The monoisotopic (exact) mass is 398 g/mol. The molecule has 1 fully saturated rings. The molecule has 1 saturated carbocycles. The quantitative estimate of drug-likeness (QED) is 0.665. The average Bonchev–Trinajstić information content (AvgIpc) is 2.59. The molecular formula is C24H34N2O3. The van der Waals surface area contributed by atoms with Gasteiger partial charge in [-0.2, -0.15) is 0 Å². The maximum Gasteiger partial charge on any atom is 0.412 e. The number of carbonyl (C=O) groups excluding carboxylic acids is 2. The summed E-state index contributed by atoms with van der Waals surface area (Å²) in [4.78, 5) is 24.9. The molecule has 5 nitrogen and oxygen atoms in total. The minimum absolute atomic E-state index is 0.152. The Balaban J connectivity index is 1.83. The van der Waals surface area contributed by atoms with Crippen LogP contribution >= 0.6 is 0 Å². The number of amides is 1. The topological polar surface area (TPSA) is 67.4 Å². The number of carbonyl (C=O) groups is 2. The number of benzene rings is 1. The number of ketones is 1. The summed E-state index contributed by atoms with van der Waals surface area (Å²) < 4.78 is 5.35. The number of nitrogens with one attached hydrogen (secondary N) is 2. The van der Waals surface area contributed by atoms with E-state index in [1.807, 2.05) is 39.0 Å². The lowest BCUT2D eigenvalue weighted by Crippen LogP contribution is -2.44. The van der Waals surface area contributed by atoms with Crippen molar-refractivity contribution in [1.82, 2.24) is 5.32 Å². The third kappa shape index (κ3) is 5.84. The highest BCUT2D eigenvalue weighted by molar-refractivity contribution is 5.99. The van der Waals surface area contributed by atoms with E-state index in [-0.39, 0.29) is 17.2 Å². The second-order valence-corrected chi connectivity index (χ2v) is 9.98. The zero-order valence-electron chi connectivity index (χ0n) is 18.4. The van der Waals surface area contributed by atoms with E-state index in [1.165, 1.54) is 6.42 Å². The number of hydrogen-bond acceptors (Lipinski definition) is 4. The molecule has 29 heavy (non-hydrogen) atoms. The summed E-state index contributed by atoms with van der Waals surface area (Å²) in [5, 5.41) is 6.35. The second kappa shape index (κ2) is 8.21. The minimum atomic E-state index is -0.542. The maximum atomic E-state index is 12.8. The Kier molecular flexibility index (Phi) is 6.06. The molecule has 1 heterocycles. The van der Waals surface area contributed by atoms with Gasteiger partial charge in [0.1, 0.15) is 5.60 Å². The van der Waals surface area contributed by atoms with E-state index < -0.39 is 11.7 Å². The van der Waals surface area contributed by atoms with Crippen molar-refractivity contribution < 1.29 is 14.3 Å². The number of allylic oxidation sites excluding steroid dienone is 1. The molecule has 0 bridgehead atoms. The van der Waals surface area contributed by atoms with Gasteiger partial charge in [-0.05, 0) is 71.6 Å². The van der Waals surface area contributed by atoms with Crippen LogP contribution in [0.3, 0.4) is 0 Å². The third-order valence-electron chi connectivity index (χ3n) is 5.44. The lowest BCUT2D eigenvalue weighted by molar-refractivity contribution is -0.119. The van der Waals surface area contributed by atoms with Gasteiger partial charge in [0, 0.05) is 34.5 Å². The van der Waals surface area contributed by atoms with E-state index in [4.69, 9.17) is 4.74 Å². The van der Waals surface area contributed by atoms with Gasteiger partial charge in [0.25, 0.3) is 0 Å². The molecule has 1 aromatic carbocycles. The van der Waals surface area contributed by atoms with Crippen molar-refractivity contribution >= 4 is 23.3 Å². The van der Waals surface area contributed by atoms with Gasteiger partial charge in [0.2, 0.25) is 0 Å². The van der Waals surface area contributed by atoms with Crippen LogP contribution in [0.1, 0.15) is 77.8 Å². The van der Waals surface area contributed by atoms with Crippen LogP contribution < -0.4 is 10.6 Å². The van der Waals surface area contributed by atoms with Crippen molar-refractivity contribution in [3.63, 3.8) is 0 Å². The van der Waals surface area contributed by atoms with E-state index in [0.29, 0.717) is 5.69 Å². The van der Waals surface area contributed by atoms with Crippen LogP contribution in [0.25, 0.3) is 5.70 Å². The van der Waals surface area contributed by atoms with Crippen LogP contribution in [0.5, 0.6) is 0 Å². The summed E-state index contributed by atoms with van der Waals surface area (Å²) in [6.07, 6.45) is 7.67. The van der Waals surface area contributed by atoms with E-state index in [0.717, 1.165) is 48.9 Å². The number of ether oxygens (including phenoxy) is 1. The van der Waals surface area contributed by atoms with Crippen LogP contribution in [0.15, 0.2) is 24.3 Å². The summed E-state index contributed by atoms with van der Waals surface area (Å²) in [5.74, 6) is 0.381. The molecule has 1 aromatic rings. The number of rotatable bonds is 3. The molecule has 0 atom stereocenters. The van der Waals surface area contributed by atoms with Crippen molar-refractivity contribution in [1.29, 1.82) is 0 Å². The van der Waals surface area contributed by atoms with Crippen LogP contribution in [-0.4, -0.2) is 23.0 Å². The van der Waals surface area contributed by atoms with E-state index in [1.54, 1.807) is 6.08 Å². The zero-order chi connectivity index (χ0) is 21.2. The molecule has 2 N–H and O–H groups in total. The first-order valence-electron chi connectivity index (χ1n) is 10.7. The summed E-state index contributed by atoms with van der Waals surface area (Å²) >= 11 is 0. The highest BCUT2D eigenvalue weighted by Crippen LogP contribution is 2.33. The van der Waals surface area contributed by atoms with Crippen molar-refractivity contribution in [3.8, 4) is 0 Å². The number of hydrogen-bond donors (Lipinski definition) is 2. The summed E-state index contributed by atoms with van der Waals surface area (Å²) in [6, 6.07) is 5.83. The highest BCUT2D eigenvalue weighted by atomic mass is 16.6. The zero-order valence-corrected chi connectivity index (χ0v) is 18.4. The first-order valence-corrected chi connectivity index (χ1v) is 10.7. The SMILES string of the molecule is CC1(C)Cc2cc(NC(=O)OC(C)(C)C)ccc2C(=CC(=O)C2CCCCC2)N1. The molecule has 158 valence electrons. The van der Waals surface area contributed by atoms with Gasteiger partial charge in [-0.1, -0.05) is 25.3 Å². The first-order chi connectivity index (χ1) is 13.5.